The van der Waals surface area contributed by atoms with Crippen molar-refractivity contribution in [3.05, 3.63) is 72.4 Å². The third kappa shape index (κ3) is 4.59. The molecule has 1 fully saturated rings. The summed E-state index contributed by atoms with van der Waals surface area (Å²) < 4.78 is 15.6. The largest absolute Gasteiger partial charge is 0.473 e. The summed E-state index contributed by atoms with van der Waals surface area (Å²) in [6, 6.07) is 20.1. The fraction of sp³-hybridized carbons (Fsp3) is 0.217. The summed E-state index contributed by atoms with van der Waals surface area (Å²) in [4.78, 5) is 9.81. The molecule has 3 heterocycles. The topological polar surface area (TPSA) is 47.5 Å². The maximum Gasteiger partial charge on any atom is 0.235 e. The molecular weight excluding hydrogens is 414 g/mol. The lowest BCUT2D eigenvalue weighted by molar-refractivity contribution is 0.135. The molecule has 1 aliphatic rings. The highest BCUT2D eigenvalue weighted by molar-refractivity contribution is 7.97. The maximum absolute atomic E-state index is 6.21. The van der Waals surface area contributed by atoms with E-state index in [9.17, 15) is 0 Å². The van der Waals surface area contributed by atoms with Crippen molar-refractivity contribution < 1.29 is 9.47 Å². The molecule has 152 valence electrons. The number of hydrogen-bond donors (Lipinski definition) is 0. The van der Waals surface area contributed by atoms with Crippen molar-refractivity contribution in [2.45, 2.75) is 23.8 Å². The zero-order valence-electron chi connectivity index (χ0n) is 16.3. The second kappa shape index (κ2) is 9.04. The Balaban J connectivity index is 1.16. The van der Waals surface area contributed by atoms with Gasteiger partial charge >= 0.3 is 0 Å². The minimum absolute atomic E-state index is 0.190. The quantitative estimate of drug-likeness (QED) is 0.344. The first-order chi connectivity index (χ1) is 14.8. The summed E-state index contributed by atoms with van der Waals surface area (Å²) >= 11 is 3.41. The molecule has 2 aromatic heterocycles. The SMILES string of the molecule is c1ccc(Oc2cccc(SN3CCC(Oc4ncnc5ccsc45)CC3)c2)cc1. The van der Waals surface area contributed by atoms with E-state index in [-0.39, 0.29) is 6.10 Å². The molecule has 0 unspecified atom stereocenters. The molecule has 0 atom stereocenters. The van der Waals surface area contributed by atoms with Gasteiger partial charge in [0, 0.05) is 18.0 Å². The van der Waals surface area contributed by atoms with Crippen LogP contribution < -0.4 is 9.47 Å². The lowest BCUT2D eigenvalue weighted by Crippen LogP contribution is -2.34. The highest BCUT2D eigenvalue weighted by atomic mass is 32.2. The van der Waals surface area contributed by atoms with Crippen LogP contribution in [0.15, 0.2) is 77.3 Å². The van der Waals surface area contributed by atoms with Gasteiger partial charge in [0.2, 0.25) is 5.88 Å². The second-order valence-corrected chi connectivity index (χ2v) is 9.13. The molecule has 0 bridgehead atoms. The van der Waals surface area contributed by atoms with E-state index in [0.29, 0.717) is 5.88 Å². The van der Waals surface area contributed by atoms with Gasteiger partial charge in [0.1, 0.15) is 28.6 Å². The zero-order chi connectivity index (χ0) is 20.2. The van der Waals surface area contributed by atoms with E-state index in [1.54, 1.807) is 29.6 Å². The minimum atomic E-state index is 0.190. The smallest absolute Gasteiger partial charge is 0.235 e. The first-order valence-electron chi connectivity index (χ1n) is 9.94. The van der Waals surface area contributed by atoms with Crippen LogP contribution in [0.1, 0.15) is 12.8 Å². The molecule has 4 aromatic rings. The summed E-state index contributed by atoms with van der Waals surface area (Å²) in [6.07, 6.45) is 3.73. The number of piperidine rings is 1. The predicted octanol–water partition coefficient (Wildman–Crippen LogP) is 6.03. The van der Waals surface area contributed by atoms with E-state index in [0.717, 1.165) is 47.6 Å². The summed E-state index contributed by atoms with van der Waals surface area (Å²) in [5.74, 6) is 2.42. The summed E-state index contributed by atoms with van der Waals surface area (Å²) in [5, 5.41) is 2.03. The number of aromatic nitrogens is 2. The molecule has 30 heavy (non-hydrogen) atoms. The van der Waals surface area contributed by atoms with Crippen molar-refractivity contribution in [3.8, 4) is 17.4 Å². The van der Waals surface area contributed by atoms with E-state index in [1.165, 1.54) is 4.90 Å². The van der Waals surface area contributed by atoms with Gasteiger partial charge in [-0.3, -0.25) is 0 Å². The number of nitrogens with zero attached hydrogens (tertiary/aromatic N) is 3. The standard InChI is InChI=1S/C23H21N3O2S2/c1-2-5-17(6-3-1)27-19-7-4-8-20(15-19)30-26-12-9-18(10-13-26)28-23-22-21(11-14-29-22)24-16-25-23/h1-8,11,14-16,18H,9-10,12-13H2. The zero-order valence-corrected chi connectivity index (χ0v) is 17.9. The van der Waals surface area contributed by atoms with Crippen molar-refractivity contribution in [2.75, 3.05) is 13.1 Å². The van der Waals surface area contributed by atoms with Gasteiger partial charge in [0.05, 0.1) is 5.52 Å². The van der Waals surface area contributed by atoms with Gasteiger partial charge < -0.3 is 9.47 Å². The molecule has 0 aliphatic carbocycles. The molecule has 0 spiro atoms. The molecule has 5 rings (SSSR count). The molecule has 0 saturated carbocycles. The summed E-state index contributed by atoms with van der Waals surface area (Å²) in [6.45, 7) is 1.94. The second-order valence-electron chi connectivity index (χ2n) is 7.04. The van der Waals surface area contributed by atoms with Crippen LogP contribution in [-0.4, -0.2) is 33.5 Å². The third-order valence-corrected chi connectivity index (χ3v) is 6.89. The Labute approximate surface area is 183 Å². The Hall–Kier alpha value is -2.61. The average Bonchev–Trinajstić information content (AvgIpc) is 3.26. The van der Waals surface area contributed by atoms with Gasteiger partial charge in [-0.2, -0.15) is 0 Å². The fourth-order valence-electron chi connectivity index (χ4n) is 3.42. The fourth-order valence-corrected chi connectivity index (χ4v) is 5.19. The number of thiophene rings is 1. The Morgan fingerprint density at radius 3 is 2.63 bits per heavy atom. The minimum Gasteiger partial charge on any atom is -0.473 e. The Kier molecular flexibility index (Phi) is 5.83. The molecule has 0 amide bonds. The van der Waals surface area contributed by atoms with Crippen molar-refractivity contribution in [3.63, 3.8) is 0 Å². The lowest BCUT2D eigenvalue weighted by Gasteiger charge is -2.30. The number of benzene rings is 2. The molecule has 5 nitrogen and oxygen atoms in total. The van der Waals surface area contributed by atoms with Gasteiger partial charge in [0.15, 0.2) is 0 Å². The number of hydrogen-bond acceptors (Lipinski definition) is 7. The van der Waals surface area contributed by atoms with E-state index < -0.39 is 0 Å². The van der Waals surface area contributed by atoms with E-state index in [2.05, 4.69) is 26.4 Å². The first-order valence-corrected chi connectivity index (χ1v) is 11.6. The molecule has 0 N–H and O–H groups in total. The van der Waals surface area contributed by atoms with Crippen LogP contribution in [-0.2, 0) is 0 Å². The monoisotopic (exact) mass is 435 g/mol. The lowest BCUT2D eigenvalue weighted by atomic mass is 10.1. The maximum atomic E-state index is 6.21. The number of para-hydroxylation sites is 1. The Morgan fingerprint density at radius 1 is 0.933 bits per heavy atom. The van der Waals surface area contributed by atoms with Gasteiger partial charge in [0.25, 0.3) is 0 Å². The molecule has 1 aliphatic heterocycles. The number of ether oxygens (including phenoxy) is 2. The van der Waals surface area contributed by atoms with Crippen LogP contribution in [0.25, 0.3) is 10.2 Å². The molecule has 0 radical (unpaired) electrons. The van der Waals surface area contributed by atoms with Gasteiger partial charge in [-0.15, -0.1) is 11.3 Å². The number of fused-ring (bicyclic) bond motifs is 1. The van der Waals surface area contributed by atoms with Crippen LogP contribution in [0.3, 0.4) is 0 Å². The van der Waals surface area contributed by atoms with E-state index in [1.807, 2.05) is 53.9 Å². The van der Waals surface area contributed by atoms with E-state index >= 15 is 0 Å². The van der Waals surface area contributed by atoms with Crippen LogP contribution in [0, 0.1) is 0 Å². The van der Waals surface area contributed by atoms with Crippen LogP contribution in [0.2, 0.25) is 0 Å². The normalized spacial score (nSPS) is 15.3. The molecule has 1 saturated heterocycles. The Morgan fingerprint density at radius 2 is 1.77 bits per heavy atom. The van der Waals surface area contributed by atoms with Gasteiger partial charge in [-0.1, -0.05) is 24.3 Å². The highest BCUT2D eigenvalue weighted by Gasteiger charge is 2.22. The first kappa shape index (κ1) is 19.4. The summed E-state index contributed by atoms with van der Waals surface area (Å²) in [5.41, 5.74) is 0.954. The number of rotatable bonds is 6. The molecule has 2 aromatic carbocycles. The Bertz CT molecular complexity index is 1110. The predicted molar refractivity (Wildman–Crippen MR) is 121 cm³/mol. The summed E-state index contributed by atoms with van der Waals surface area (Å²) in [7, 11) is 0. The third-order valence-electron chi connectivity index (χ3n) is 4.91. The average molecular weight is 436 g/mol. The van der Waals surface area contributed by atoms with Crippen molar-refractivity contribution in [1.82, 2.24) is 14.3 Å². The highest BCUT2D eigenvalue weighted by Crippen LogP contribution is 2.32. The van der Waals surface area contributed by atoms with Gasteiger partial charge in [-0.25, -0.2) is 14.3 Å². The van der Waals surface area contributed by atoms with Crippen LogP contribution in [0.5, 0.6) is 17.4 Å². The van der Waals surface area contributed by atoms with Crippen LogP contribution >= 0.6 is 23.3 Å². The van der Waals surface area contributed by atoms with Crippen LogP contribution in [0.4, 0.5) is 0 Å². The van der Waals surface area contributed by atoms with Gasteiger partial charge in [-0.05, 0) is 66.6 Å². The van der Waals surface area contributed by atoms with Crippen molar-refractivity contribution in [1.29, 1.82) is 0 Å². The molecule has 7 heteroatoms. The van der Waals surface area contributed by atoms with Crippen molar-refractivity contribution in [2.24, 2.45) is 0 Å². The van der Waals surface area contributed by atoms with E-state index in [4.69, 9.17) is 9.47 Å². The molecular formula is C23H21N3O2S2. The van der Waals surface area contributed by atoms with Crippen molar-refractivity contribution >= 4 is 33.5 Å².